The van der Waals surface area contributed by atoms with Crippen LogP contribution in [0.4, 0.5) is 0 Å². The van der Waals surface area contributed by atoms with E-state index in [9.17, 15) is 0 Å². The summed E-state index contributed by atoms with van der Waals surface area (Å²) in [5.41, 5.74) is 0. The lowest BCUT2D eigenvalue weighted by Gasteiger charge is -2.08. The van der Waals surface area contributed by atoms with Crippen LogP contribution in [0.25, 0.3) is 0 Å². The zero-order valence-electron chi connectivity index (χ0n) is 10.3. The van der Waals surface area contributed by atoms with Crippen molar-refractivity contribution in [2.45, 2.75) is 13.5 Å². The number of ether oxygens (including phenoxy) is 2. The molecule has 19 heavy (non-hydrogen) atoms. The highest BCUT2D eigenvalue weighted by Gasteiger charge is 2.06. The molecule has 100 valence electrons. The molecule has 0 saturated carbocycles. The monoisotopic (exact) mass is 298 g/mol. The second-order valence-electron chi connectivity index (χ2n) is 3.60. The Morgan fingerprint density at radius 2 is 1.89 bits per heavy atom. The Balaban J connectivity index is 2.09. The maximum Gasteiger partial charge on any atom is 0.218 e. The summed E-state index contributed by atoms with van der Waals surface area (Å²) in [6, 6.07) is 8.76. The van der Waals surface area contributed by atoms with Crippen LogP contribution in [-0.4, -0.2) is 16.6 Å². The minimum atomic E-state index is 0.171. The molecule has 0 spiro atoms. The smallest absolute Gasteiger partial charge is 0.218 e. The average Bonchev–Trinajstić information content (AvgIpc) is 2.37. The quantitative estimate of drug-likeness (QED) is 0.788. The van der Waals surface area contributed by atoms with Crippen molar-refractivity contribution in [3.63, 3.8) is 0 Å². The van der Waals surface area contributed by atoms with E-state index in [4.69, 9.17) is 32.7 Å². The summed E-state index contributed by atoms with van der Waals surface area (Å²) in [6.45, 7) is 2.55. The Morgan fingerprint density at radius 1 is 1.11 bits per heavy atom. The van der Waals surface area contributed by atoms with Crippen LogP contribution in [0.5, 0.6) is 11.6 Å². The van der Waals surface area contributed by atoms with Crippen molar-refractivity contribution in [2.24, 2.45) is 0 Å². The standard InChI is InChI=1S/C13H12Cl2N2O2/c1-2-18-13-7-11(15)16-12(17-13)8-19-10-6-4-3-5-9(10)14/h3-7H,2,8H2,1H3. The molecule has 0 aliphatic heterocycles. The molecule has 0 aliphatic rings. The molecule has 0 unspecified atom stereocenters. The fourth-order valence-electron chi connectivity index (χ4n) is 1.43. The van der Waals surface area contributed by atoms with Gasteiger partial charge in [0.25, 0.3) is 0 Å². The molecule has 1 aromatic carbocycles. The van der Waals surface area contributed by atoms with Gasteiger partial charge in [-0.15, -0.1) is 0 Å². The molecular weight excluding hydrogens is 287 g/mol. The number of halogens is 2. The molecule has 4 nitrogen and oxygen atoms in total. The second-order valence-corrected chi connectivity index (χ2v) is 4.39. The van der Waals surface area contributed by atoms with Gasteiger partial charge in [-0.1, -0.05) is 35.3 Å². The van der Waals surface area contributed by atoms with Crippen molar-refractivity contribution in [3.8, 4) is 11.6 Å². The van der Waals surface area contributed by atoms with Gasteiger partial charge >= 0.3 is 0 Å². The van der Waals surface area contributed by atoms with E-state index in [2.05, 4.69) is 9.97 Å². The van der Waals surface area contributed by atoms with E-state index in [0.29, 0.717) is 34.2 Å². The first kappa shape index (κ1) is 13.9. The predicted molar refractivity (Wildman–Crippen MR) is 74.0 cm³/mol. The molecule has 0 bridgehead atoms. The van der Waals surface area contributed by atoms with Crippen molar-refractivity contribution >= 4 is 23.2 Å². The van der Waals surface area contributed by atoms with Crippen molar-refractivity contribution < 1.29 is 9.47 Å². The van der Waals surface area contributed by atoms with E-state index in [1.807, 2.05) is 19.1 Å². The third kappa shape index (κ3) is 3.98. The Labute approximate surface area is 121 Å². The van der Waals surface area contributed by atoms with Gasteiger partial charge in [0.1, 0.15) is 17.5 Å². The highest BCUT2D eigenvalue weighted by atomic mass is 35.5. The van der Waals surface area contributed by atoms with Crippen LogP contribution in [0.1, 0.15) is 12.7 Å². The number of aromatic nitrogens is 2. The van der Waals surface area contributed by atoms with Crippen LogP contribution >= 0.6 is 23.2 Å². The fourth-order valence-corrected chi connectivity index (χ4v) is 1.81. The maximum absolute atomic E-state index is 5.99. The lowest BCUT2D eigenvalue weighted by molar-refractivity contribution is 0.286. The minimum Gasteiger partial charge on any atom is -0.484 e. The molecule has 1 heterocycles. The zero-order valence-corrected chi connectivity index (χ0v) is 11.8. The van der Waals surface area contributed by atoms with Crippen molar-refractivity contribution in [1.29, 1.82) is 0 Å². The maximum atomic E-state index is 5.99. The summed E-state index contributed by atoms with van der Waals surface area (Å²) in [6.07, 6.45) is 0. The normalized spacial score (nSPS) is 10.3. The number of para-hydroxylation sites is 1. The number of rotatable bonds is 5. The number of nitrogens with zero attached hydrogens (tertiary/aromatic N) is 2. The molecule has 0 N–H and O–H groups in total. The number of hydrogen-bond donors (Lipinski definition) is 0. The molecule has 0 atom stereocenters. The summed E-state index contributed by atoms with van der Waals surface area (Å²) in [5.74, 6) is 1.45. The third-order valence-corrected chi connectivity index (χ3v) is 2.71. The number of hydrogen-bond acceptors (Lipinski definition) is 4. The highest BCUT2D eigenvalue weighted by molar-refractivity contribution is 6.32. The largest absolute Gasteiger partial charge is 0.484 e. The van der Waals surface area contributed by atoms with Gasteiger partial charge < -0.3 is 9.47 Å². The van der Waals surface area contributed by atoms with Gasteiger partial charge in [0.15, 0.2) is 5.82 Å². The van der Waals surface area contributed by atoms with Crippen molar-refractivity contribution in [3.05, 3.63) is 46.3 Å². The van der Waals surface area contributed by atoms with Gasteiger partial charge in [-0.2, -0.15) is 4.98 Å². The van der Waals surface area contributed by atoms with Gasteiger partial charge in [-0.25, -0.2) is 4.98 Å². The first-order valence-electron chi connectivity index (χ1n) is 5.72. The first-order chi connectivity index (χ1) is 9.19. The molecule has 0 radical (unpaired) electrons. The first-order valence-corrected chi connectivity index (χ1v) is 6.48. The van der Waals surface area contributed by atoms with Gasteiger partial charge in [0, 0.05) is 6.07 Å². The summed E-state index contributed by atoms with van der Waals surface area (Å²) in [4.78, 5) is 8.25. The molecule has 0 amide bonds. The molecule has 0 fully saturated rings. The molecule has 0 saturated heterocycles. The topological polar surface area (TPSA) is 44.2 Å². The van der Waals surface area contributed by atoms with Crippen LogP contribution in [0.3, 0.4) is 0 Å². The van der Waals surface area contributed by atoms with Gasteiger partial charge in [-0.05, 0) is 19.1 Å². The van der Waals surface area contributed by atoms with E-state index in [-0.39, 0.29) is 6.61 Å². The highest BCUT2D eigenvalue weighted by Crippen LogP contribution is 2.24. The van der Waals surface area contributed by atoms with Crippen molar-refractivity contribution in [2.75, 3.05) is 6.61 Å². The molecule has 6 heteroatoms. The van der Waals surface area contributed by atoms with Gasteiger partial charge in [0.2, 0.25) is 5.88 Å². The third-order valence-electron chi connectivity index (χ3n) is 2.20. The summed E-state index contributed by atoms with van der Waals surface area (Å²) >= 11 is 11.9. The molecule has 2 aromatic rings. The van der Waals surface area contributed by atoms with E-state index in [1.54, 1.807) is 18.2 Å². The van der Waals surface area contributed by atoms with Gasteiger partial charge in [0.05, 0.1) is 11.6 Å². The van der Waals surface area contributed by atoms with Crippen LogP contribution < -0.4 is 9.47 Å². The summed E-state index contributed by atoms with van der Waals surface area (Å²) in [5, 5.41) is 0.853. The zero-order chi connectivity index (χ0) is 13.7. The minimum absolute atomic E-state index is 0.171. The summed E-state index contributed by atoms with van der Waals surface area (Å²) in [7, 11) is 0. The van der Waals surface area contributed by atoms with Crippen LogP contribution in [0.15, 0.2) is 30.3 Å². The average molecular weight is 299 g/mol. The Hall–Kier alpha value is -1.52. The molecular formula is C13H12Cl2N2O2. The Bertz CT molecular complexity index is 564. The van der Waals surface area contributed by atoms with E-state index in [0.717, 1.165) is 0 Å². The van der Waals surface area contributed by atoms with E-state index >= 15 is 0 Å². The van der Waals surface area contributed by atoms with Crippen LogP contribution in [0.2, 0.25) is 10.2 Å². The predicted octanol–water partition coefficient (Wildman–Crippen LogP) is 3.76. The van der Waals surface area contributed by atoms with Crippen LogP contribution in [-0.2, 0) is 6.61 Å². The molecule has 1 aromatic heterocycles. The summed E-state index contributed by atoms with van der Waals surface area (Å²) < 4.78 is 10.8. The van der Waals surface area contributed by atoms with Crippen LogP contribution in [0, 0.1) is 0 Å². The Kier molecular flexibility index (Phi) is 4.82. The molecule has 0 aliphatic carbocycles. The van der Waals surface area contributed by atoms with Gasteiger partial charge in [-0.3, -0.25) is 0 Å². The van der Waals surface area contributed by atoms with Crippen molar-refractivity contribution in [1.82, 2.24) is 9.97 Å². The second kappa shape index (κ2) is 6.59. The van der Waals surface area contributed by atoms with E-state index < -0.39 is 0 Å². The lowest BCUT2D eigenvalue weighted by atomic mass is 10.3. The Morgan fingerprint density at radius 3 is 2.63 bits per heavy atom. The van der Waals surface area contributed by atoms with E-state index in [1.165, 1.54) is 0 Å². The molecule has 2 rings (SSSR count). The SMILES string of the molecule is CCOc1cc(Cl)nc(COc2ccccc2Cl)n1. The fraction of sp³-hybridized carbons (Fsp3) is 0.231. The number of benzene rings is 1. The lowest BCUT2D eigenvalue weighted by Crippen LogP contribution is -2.04.